The Morgan fingerprint density at radius 1 is 0.895 bits per heavy atom. The number of benzene rings is 3. The highest BCUT2D eigenvalue weighted by Gasteiger charge is 2.31. The van der Waals surface area contributed by atoms with E-state index in [0.29, 0.717) is 0 Å². The molecule has 1 N–H and O–H groups in total. The van der Waals surface area contributed by atoms with E-state index in [1.54, 1.807) is 48.5 Å². The van der Waals surface area contributed by atoms with Gasteiger partial charge >= 0.3 is 19.7 Å². The van der Waals surface area contributed by atoms with Crippen LogP contribution in [0.3, 0.4) is 0 Å². The van der Waals surface area contributed by atoms with E-state index >= 15 is 0 Å². The van der Waals surface area contributed by atoms with Gasteiger partial charge in [-0.25, -0.2) is 14.2 Å². The summed E-state index contributed by atoms with van der Waals surface area (Å²) in [6.45, 7) is -0.0452. The average Bonchev–Trinajstić information content (AvgIpc) is 2.94. The third kappa shape index (κ3) is 9.02. The summed E-state index contributed by atoms with van der Waals surface area (Å²) in [6.07, 6.45) is -1.30. The number of nitrogens with one attached hydrogen (secondary N) is 1. The lowest BCUT2D eigenvalue weighted by Crippen LogP contribution is -2.42. The Bertz CT molecular complexity index is 1250. The van der Waals surface area contributed by atoms with E-state index in [1.807, 2.05) is 12.1 Å². The molecule has 0 fully saturated rings. The number of esters is 1. The van der Waals surface area contributed by atoms with Crippen molar-refractivity contribution in [3.63, 3.8) is 0 Å². The number of carbonyl (C=O) groups is 2. The Labute approximate surface area is 219 Å². The van der Waals surface area contributed by atoms with E-state index in [4.69, 9.17) is 18.5 Å². The molecule has 0 saturated heterocycles. The summed E-state index contributed by atoms with van der Waals surface area (Å²) in [6, 6.07) is 21.7. The summed E-state index contributed by atoms with van der Waals surface area (Å²) in [4.78, 5) is 35.6. The molecule has 0 spiro atoms. The SMILES string of the molecule is COP(=O)(CC[C@@H](NC(=O)OCc1ccccc1)C(=O)OCc1ccccc1)Oc1ccc([N+](=O)[O-])cc1. The fourth-order valence-electron chi connectivity index (χ4n) is 3.24. The van der Waals surface area contributed by atoms with E-state index in [9.17, 15) is 24.3 Å². The van der Waals surface area contributed by atoms with Gasteiger partial charge in [-0.3, -0.25) is 10.1 Å². The monoisotopic (exact) mass is 542 g/mol. The first kappa shape index (κ1) is 28.4. The molecule has 0 aliphatic carbocycles. The van der Waals surface area contributed by atoms with Crippen LogP contribution in [0.2, 0.25) is 0 Å². The van der Waals surface area contributed by atoms with Gasteiger partial charge in [0.05, 0.1) is 11.1 Å². The van der Waals surface area contributed by atoms with Crippen molar-refractivity contribution >= 4 is 25.3 Å². The smallest absolute Gasteiger partial charge is 0.408 e. The van der Waals surface area contributed by atoms with Crippen molar-refractivity contribution < 1.29 is 37.6 Å². The molecule has 11 nitrogen and oxygen atoms in total. The van der Waals surface area contributed by atoms with Gasteiger partial charge in [-0.2, -0.15) is 0 Å². The van der Waals surface area contributed by atoms with Gasteiger partial charge in [0.1, 0.15) is 25.0 Å². The van der Waals surface area contributed by atoms with Gasteiger partial charge in [0.2, 0.25) is 0 Å². The molecule has 3 aromatic carbocycles. The minimum Gasteiger partial charge on any atom is -0.459 e. The van der Waals surface area contributed by atoms with Crippen LogP contribution in [0.4, 0.5) is 10.5 Å². The van der Waals surface area contributed by atoms with Crippen LogP contribution in [0.15, 0.2) is 84.9 Å². The fraction of sp³-hybridized carbons (Fsp3) is 0.231. The molecule has 2 atom stereocenters. The van der Waals surface area contributed by atoms with Gasteiger partial charge in [-0.15, -0.1) is 0 Å². The summed E-state index contributed by atoms with van der Waals surface area (Å²) in [7, 11) is -2.63. The second kappa shape index (κ2) is 13.9. The van der Waals surface area contributed by atoms with Crippen molar-refractivity contribution in [3.8, 4) is 5.75 Å². The van der Waals surface area contributed by atoms with Crippen LogP contribution >= 0.6 is 7.60 Å². The first-order chi connectivity index (χ1) is 18.3. The molecular weight excluding hydrogens is 515 g/mol. The molecule has 0 aliphatic heterocycles. The molecule has 3 rings (SSSR count). The normalized spacial score (nSPS) is 13.0. The van der Waals surface area contributed by atoms with Gasteiger partial charge in [0.25, 0.3) is 5.69 Å². The average molecular weight is 542 g/mol. The summed E-state index contributed by atoms with van der Waals surface area (Å²) in [5.41, 5.74) is 1.34. The zero-order chi connectivity index (χ0) is 27.4. The van der Waals surface area contributed by atoms with Gasteiger partial charge in [-0.1, -0.05) is 60.7 Å². The number of amides is 1. The standard InChI is InChI=1S/C26H27N2O9P/c1-34-38(33,37-23-14-12-22(13-15-23)28(31)32)17-16-24(25(29)35-18-20-8-4-2-5-9-20)27-26(30)36-19-21-10-6-3-7-11-21/h2-15,24H,16-19H2,1H3,(H,27,30)/t24-,38?/m1/s1. The Hall–Kier alpha value is -4.21. The van der Waals surface area contributed by atoms with Gasteiger partial charge in [0.15, 0.2) is 0 Å². The molecule has 0 aromatic heterocycles. The molecule has 1 amide bonds. The summed E-state index contributed by atoms with van der Waals surface area (Å²) in [5, 5.41) is 13.3. The Morgan fingerprint density at radius 2 is 1.45 bits per heavy atom. The topological polar surface area (TPSA) is 143 Å². The van der Waals surface area contributed by atoms with E-state index < -0.39 is 30.6 Å². The number of ether oxygens (including phenoxy) is 2. The van der Waals surface area contributed by atoms with Crippen LogP contribution in [0, 0.1) is 10.1 Å². The van der Waals surface area contributed by atoms with Crippen molar-refractivity contribution in [2.75, 3.05) is 13.3 Å². The highest BCUT2D eigenvalue weighted by molar-refractivity contribution is 7.54. The van der Waals surface area contributed by atoms with E-state index in [2.05, 4.69) is 5.32 Å². The highest BCUT2D eigenvalue weighted by Crippen LogP contribution is 2.48. The first-order valence-corrected chi connectivity index (χ1v) is 13.3. The minimum absolute atomic E-state index is 0.0156. The number of nitrogens with zero attached hydrogens (tertiary/aromatic N) is 1. The van der Waals surface area contributed by atoms with Crippen molar-refractivity contribution in [2.45, 2.75) is 25.7 Å². The first-order valence-electron chi connectivity index (χ1n) is 11.5. The van der Waals surface area contributed by atoms with Crippen molar-refractivity contribution in [3.05, 3.63) is 106 Å². The lowest BCUT2D eigenvalue weighted by molar-refractivity contribution is -0.384. The summed E-state index contributed by atoms with van der Waals surface area (Å²) >= 11 is 0. The molecule has 200 valence electrons. The maximum absolute atomic E-state index is 13.2. The van der Waals surface area contributed by atoms with Gasteiger partial charge < -0.3 is 23.8 Å². The number of nitro groups is 1. The maximum Gasteiger partial charge on any atom is 0.408 e. The Kier molecular flexibility index (Phi) is 10.4. The lowest BCUT2D eigenvalue weighted by Gasteiger charge is -2.21. The predicted octanol–water partition coefficient (Wildman–Crippen LogP) is 5.24. The van der Waals surface area contributed by atoms with Crippen LogP contribution in [-0.4, -0.2) is 36.3 Å². The molecule has 0 bridgehead atoms. The Morgan fingerprint density at radius 3 is 1.97 bits per heavy atom. The van der Waals surface area contributed by atoms with Crippen LogP contribution in [-0.2, 0) is 36.6 Å². The predicted molar refractivity (Wildman–Crippen MR) is 138 cm³/mol. The third-order valence-electron chi connectivity index (χ3n) is 5.28. The van der Waals surface area contributed by atoms with Gasteiger partial charge in [0, 0.05) is 19.2 Å². The quantitative estimate of drug-likeness (QED) is 0.133. The van der Waals surface area contributed by atoms with Crippen molar-refractivity contribution in [1.29, 1.82) is 0 Å². The summed E-state index contributed by atoms with van der Waals surface area (Å²) in [5.74, 6) is -0.678. The molecule has 0 radical (unpaired) electrons. The lowest BCUT2D eigenvalue weighted by atomic mass is 10.2. The molecule has 0 heterocycles. The van der Waals surface area contributed by atoms with Crippen molar-refractivity contribution in [2.24, 2.45) is 0 Å². The molecule has 12 heteroatoms. The largest absolute Gasteiger partial charge is 0.459 e. The van der Waals surface area contributed by atoms with E-state index in [1.165, 1.54) is 31.4 Å². The van der Waals surface area contributed by atoms with Crippen LogP contribution < -0.4 is 9.84 Å². The highest BCUT2D eigenvalue weighted by atomic mass is 31.2. The zero-order valence-electron chi connectivity index (χ0n) is 20.6. The zero-order valence-corrected chi connectivity index (χ0v) is 21.5. The second-order valence-corrected chi connectivity index (χ2v) is 10.2. The van der Waals surface area contributed by atoms with Crippen LogP contribution in [0.25, 0.3) is 0 Å². The van der Waals surface area contributed by atoms with Crippen molar-refractivity contribution in [1.82, 2.24) is 5.32 Å². The fourth-order valence-corrected chi connectivity index (χ4v) is 4.60. The summed E-state index contributed by atoms with van der Waals surface area (Å²) < 4.78 is 34.3. The number of rotatable bonds is 13. The maximum atomic E-state index is 13.2. The number of non-ortho nitro benzene ring substituents is 1. The van der Waals surface area contributed by atoms with E-state index in [-0.39, 0.29) is 37.2 Å². The van der Waals surface area contributed by atoms with Gasteiger partial charge in [-0.05, 0) is 29.7 Å². The van der Waals surface area contributed by atoms with Crippen LogP contribution in [0.1, 0.15) is 17.5 Å². The van der Waals surface area contributed by atoms with E-state index in [0.717, 1.165) is 11.1 Å². The number of nitro benzene ring substituents is 1. The number of hydrogen-bond donors (Lipinski definition) is 1. The Balaban J connectivity index is 1.65. The van der Waals surface area contributed by atoms with Crippen LogP contribution in [0.5, 0.6) is 5.75 Å². The molecule has 38 heavy (non-hydrogen) atoms. The third-order valence-corrected chi connectivity index (χ3v) is 7.13. The number of carbonyl (C=O) groups excluding carboxylic acids is 2. The minimum atomic E-state index is -3.81. The molecule has 0 saturated carbocycles. The number of alkyl carbamates (subject to hydrolysis) is 1. The molecule has 0 aliphatic rings. The number of hydrogen-bond acceptors (Lipinski definition) is 9. The second-order valence-electron chi connectivity index (χ2n) is 8.00. The molecule has 3 aromatic rings. The molecular formula is C26H27N2O9P. The molecule has 1 unspecified atom stereocenters.